The number of hydrogen-bond donors (Lipinski definition) is 1. The fourth-order valence-electron chi connectivity index (χ4n) is 4.43. The molecule has 0 aliphatic carbocycles. The number of nitrogens with zero attached hydrogens (tertiary/aromatic N) is 4. The number of likely N-dealkylation sites (tertiary alicyclic amines) is 1. The minimum atomic E-state index is -3.51. The topological polar surface area (TPSA) is 114 Å². The van der Waals surface area contributed by atoms with Gasteiger partial charge in [0.05, 0.1) is 17.9 Å². The second kappa shape index (κ2) is 13.5. The van der Waals surface area contributed by atoms with Crippen molar-refractivity contribution in [2.75, 3.05) is 39.3 Å². The van der Waals surface area contributed by atoms with Crippen molar-refractivity contribution in [1.82, 2.24) is 18.8 Å². The number of aryl methyl sites for hydroxylation is 1. The maximum absolute atomic E-state index is 12.6. The van der Waals surface area contributed by atoms with Crippen molar-refractivity contribution in [3.05, 3.63) is 35.1 Å². The van der Waals surface area contributed by atoms with Gasteiger partial charge in [0.25, 0.3) is 10.2 Å². The highest BCUT2D eigenvalue weighted by molar-refractivity contribution is 14.0. The SMILES string of the molecule is Cc1cc(F)ccc1CNC=O.I.N#CC1CN(S(=O)(=O)N2CCC[C@H](C(=O)N3CCCC3)C2)C1.[HH]. The summed E-state index contributed by atoms with van der Waals surface area (Å²) in [5.74, 6) is -0.547. The summed E-state index contributed by atoms with van der Waals surface area (Å²) >= 11 is 0. The van der Waals surface area contributed by atoms with Crippen LogP contribution in [-0.4, -0.2) is 73.5 Å². The van der Waals surface area contributed by atoms with E-state index < -0.39 is 10.2 Å². The summed E-state index contributed by atoms with van der Waals surface area (Å²) in [6.45, 7) is 5.18. The van der Waals surface area contributed by atoms with Crippen molar-refractivity contribution in [2.24, 2.45) is 11.8 Å². The number of nitrogens with one attached hydrogen (secondary N) is 1. The molecule has 35 heavy (non-hydrogen) atoms. The average Bonchev–Trinajstić information content (AvgIpc) is 3.33. The van der Waals surface area contributed by atoms with E-state index in [0.29, 0.717) is 19.5 Å². The molecule has 0 radical (unpaired) electrons. The third-order valence-corrected chi connectivity index (χ3v) is 8.45. The van der Waals surface area contributed by atoms with E-state index in [9.17, 15) is 22.4 Å². The first kappa shape index (κ1) is 29.4. The van der Waals surface area contributed by atoms with Crippen LogP contribution >= 0.6 is 24.0 Å². The minimum Gasteiger partial charge on any atom is -0.355 e. The molecule has 3 aliphatic rings. The van der Waals surface area contributed by atoms with Gasteiger partial charge in [0.15, 0.2) is 0 Å². The Labute approximate surface area is 225 Å². The van der Waals surface area contributed by atoms with Gasteiger partial charge in [-0.1, -0.05) is 6.07 Å². The van der Waals surface area contributed by atoms with Crippen LogP contribution in [0.15, 0.2) is 18.2 Å². The molecule has 0 spiro atoms. The molecule has 12 heteroatoms. The van der Waals surface area contributed by atoms with Gasteiger partial charge in [-0.3, -0.25) is 9.59 Å². The molecular weight excluding hydrogens is 588 g/mol. The van der Waals surface area contributed by atoms with Gasteiger partial charge >= 0.3 is 0 Å². The summed E-state index contributed by atoms with van der Waals surface area (Å²) in [5.41, 5.74) is 1.79. The van der Waals surface area contributed by atoms with Crippen LogP contribution < -0.4 is 5.32 Å². The van der Waals surface area contributed by atoms with Crippen LogP contribution in [0.1, 0.15) is 38.2 Å². The monoisotopic (exact) mass is 623 g/mol. The number of benzene rings is 1. The Hall–Kier alpha value is -1.82. The summed E-state index contributed by atoms with van der Waals surface area (Å²) in [7, 11) is -3.51. The molecule has 1 N–H and O–H groups in total. The average molecular weight is 624 g/mol. The van der Waals surface area contributed by atoms with Crippen LogP contribution in [0.4, 0.5) is 4.39 Å². The highest BCUT2D eigenvalue weighted by Crippen LogP contribution is 2.27. The highest BCUT2D eigenvalue weighted by Gasteiger charge is 2.42. The second-order valence-electron chi connectivity index (χ2n) is 8.95. The third-order valence-electron chi connectivity index (χ3n) is 6.51. The molecule has 0 saturated carbocycles. The van der Waals surface area contributed by atoms with Crippen LogP contribution in [0.2, 0.25) is 0 Å². The highest BCUT2D eigenvalue weighted by atomic mass is 127. The first-order chi connectivity index (χ1) is 16.3. The van der Waals surface area contributed by atoms with Crippen LogP contribution in [-0.2, 0) is 26.3 Å². The quantitative estimate of drug-likeness (QED) is 0.386. The molecule has 3 heterocycles. The zero-order valence-corrected chi connectivity index (χ0v) is 23.0. The van der Waals surface area contributed by atoms with E-state index in [2.05, 4.69) is 11.4 Å². The molecular formula is C23H35FIN5O4S. The van der Waals surface area contributed by atoms with Gasteiger partial charge in [0.1, 0.15) is 5.82 Å². The number of carbonyl (C=O) groups is 2. The van der Waals surface area contributed by atoms with E-state index in [-0.39, 0.29) is 68.6 Å². The number of halogens is 2. The maximum Gasteiger partial charge on any atom is 0.282 e. The number of piperidine rings is 1. The summed E-state index contributed by atoms with van der Waals surface area (Å²) in [5, 5.41) is 11.3. The predicted molar refractivity (Wildman–Crippen MR) is 141 cm³/mol. The largest absolute Gasteiger partial charge is 0.355 e. The van der Waals surface area contributed by atoms with Crippen LogP contribution in [0, 0.1) is 35.9 Å². The lowest BCUT2D eigenvalue weighted by atomic mass is 9.98. The van der Waals surface area contributed by atoms with Gasteiger partial charge in [-0.15, -0.1) is 24.0 Å². The lowest BCUT2D eigenvalue weighted by molar-refractivity contribution is -0.135. The molecule has 0 unspecified atom stereocenters. The summed E-state index contributed by atoms with van der Waals surface area (Å²) in [6.07, 6.45) is 4.21. The lowest BCUT2D eigenvalue weighted by Crippen LogP contribution is -2.57. The lowest BCUT2D eigenvalue weighted by Gasteiger charge is -2.40. The van der Waals surface area contributed by atoms with E-state index >= 15 is 0 Å². The molecule has 4 rings (SSSR count). The molecule has 9 nitrogen and oxygen atoms in total. The van der Waals surface area contributed by atoms with E-state index in [1.165, 1.54) is 20.7 Å². The van der Waals surface area contributed by atoms with Crippen molar-refractivity contribution in [1.29, 1.82) is 5.26 Å². The Morgan fingerprint density at radius 1 is 1.20 bits per heavy atom. The van der Waals surface area contributed by atoms with Crippen LogP contribution in [0.5, 0.6) is 0 Å². The Morgan fingerprint density at radius 2 is 1.89 bits per heavy atom. The first-order valence-corrected chi connectivity index (χ1v) is 13.0. The number of hydrogen-bond acceptors (Lipinski definition) is 5. The standard InChI is InChI=1S/C14H22N4O3S.C9H10FNO.HI.H2/c15-8-12-9-18(10-12)22(20,21)17-7-3-4-13(11-17)14(19)16-5-1-2-6-16;1-7-4-9(10)3-2-8(7)5-11-6-12;;/h12-13H,1-7,9-11H2;2-4,6H,5H2,1H3,(H,11,12);2*1H/t13-;;;/m0.../s1. The van der Waals surface area contributed by atoms with Crippen molar-refractivity contribution >= 4 is 46.5 Å². The van der Waals surface area contributed by atoms with Crippen LogP contribution in [0.3, 0.4) is 0 Å². The second-order valence-corrected chi connectivity index (χ2v) is 10.9. The number of carbonyl (C=O) groups excluding carboxylic acids is 2. The Balaban J connectivity index is 0.000000399. The smallest absolute Gasteiger partial charge is 0.282 e. The van der Waals surface area contributed by atoms with E-state index in [0.717, 1.165) is 49.9 Å². The molecule has 3 saturated heterocycles. The first-order valence-electron chi connectivity index (χ1n) is 11.6. The molecule has 0 aromatic heterocycles. The van der Waals surface area contributed by atoms with Gasteiger partial charge < -0.3 is 10.2 Å². The summed E-state index contributed by atoms with van der Waals surface area (Å²) in [6, 6.07) is 6.58. The minimum absolute atomic E-state index is 0. The van der Waals surface area contributed by atoms with Crippen molar-refractivity contribution in [3.8, 4) is 6.07 Å². The van der Waals surface area contributed by atoms with Gasteiger partial charge in [-0.25, -0.2) is 4.39 Å². The Bertz CT molecular complexity index is 1030. The normalized spacial score (nSPS) is 21.1. The zero-order chi connectivity index (χ0) is 24.7. The number of amides is 2. The van der Waals surface area contributed by atoms with Crippen molar-refractivity contribution < 1.29 is 23.8 Å². The van der Waals surface area contributed by atoms with Crippen molar-refractivity contribution in [2.45, 2.75) is 39.2 Å². The molecule has 3 fully saturated rings. The maximum atomic E-state index is 12.6. The molecule has 196 valence electrons. The third kappa shape index (κ3) is 7.58. The van der Waals surface area contributed by atoms with E-state index in [1.807, 2.05) is 11.8 Å². The fourth-order valence-corrected chi connectivity index (χ4v) is 6.22. The van der Waals surface area contributed by atoms with Gasteiger partial charge in [0.2, 0.25) is 12.3 Å². The molecule has 3 aliphatic heterocycles. The Kier molecular flexibility index (Phi) is 11.3. The molecule has 2 amide bonds. The summed E-state index contributed by atoms with van der Waals surface area (Å²) < 4.78 is 40.4. The predicted octanol–water partition coefficient (Wildman–Crippen LogP) is 2.27. The molecule has 1 aromatic carbocycles. The number of rotatable bonds is 6. The van der Waals surface area contributed by atoms with E-state index in [4.69, 9.17) is 5.26 Å². The van der Waals surface area contributed by atoms with Gasteiger partial charge in [-0.2, -0.15) is 22.3 Å². The fraction of sp³-hybridized carbons (Fsp3) is 0.609. The summed E-state index contributed by atoms with van der Waals surface area (Å²) in [4.78, 5) is 24.3. The zero-order valence-electron chi connectivity index (χ0n) is 19.9. The van der Waals surface area contributed by atoms with Crippen molar-refractivity contribution in [3.63, 3.8) is 0 Å². The molecule has 0 bridgehead atoms. The van der Waals surface area contributed by atoms with Crippen LogP contribution in [0.25, 0.3) is 0 Å². The Morgan fingerprint density at radius 3 is 2.49 bits per heavy atom. The molecule has 1 aromatic rings. The van der Waals surface area contributed by atoms with E-state index in [1.54, 1.807) is 6.07 Å². The number of nitriles is 1. The van der Waals surface area contributed by atoms with Gasteiger partial charge in [0, 0.05) is 47.2 Å². The molecule has 1 atom stereocenters. The van der Waals surface area contributed by atoms with Gasteiger partial charge in [-0.05, 0) is 55.9 Å².